The fourth-order valence-electron chi connectivity index (χ4n) is 3.09. The Morgan fingerprint density at radius 3 is 2.68 bits per heavy atom. The van der Waals surface area contributed by atoms with Crippen molar-refractivity contribution in [2.45, 2.75) is 24.8 Å². The summed E-state index contributed by atoms with van der Waals surface area (Å²) in [7, 11) is 0. The fraction of sp³-hybridized carbons (Fsp3) is 0.353. The lowest BCUT2D eigenvalue weighted by molar-refractivity contribution is 0.100. The van der Waals surface area contributed by atoms with Crippen molar-refractivity contribution in [3.8, 4) is 6.07 Å². The van der Waals surface area contributed by atoms with E-state index >= 15 is 0 Å². The minimum absolute atomic E-state index is 0.318. The smallest absolute Gasteiger partial charge is 0.254 e. The number of anilines is 2. The van der Waals surface area contributed by atoms with E-state index in [1.165, 1.54) is 0 Å². The average molecular weight is 403 g/mol. The number of rotatable bonds is 5. The number of amides is 1. The van der Waals surface area contributed by atoms with Gasteiger partial charge in [-0.25, -0.2) is 0 Å². The molecule has 4 N–H and O–H groups in total. The predicted molar refractivity (Wildman–Crippen MR) is 98.5 cm³/mol. The highest BCUT2D eigenvalue weighted by molar-refractivity contribution is 9.10. The van der Waals surface area contributed by atoms with Crippen molar-refractivity contribution in [1.82, 2.24) is 15.1 Å². The first-order valence-electron chi connectivity index (χ1n) is 8.04. The molecule has 1 saturated heterocycles. The van der Waals surface area contributed by atoms with Crippen LogP contribution in [0, 0.1) is 11.3 Å². The van der Waals surface area contributed by atoms with Crippen molar-refractivity contribution in [2.24, 2.45) is 5.73 Å². The zero-order valence-electron chi connectivity index (χ0n) is 13.6. The molecule has 7 nitrogen and oxygen atoms in total. The van der Waals surface area contributed by atoms with Crippen molar-refractivity contribution < 1.29 is 4.79 Å². The first-order valence-corrected chi connectivity index (χ1v) is 8.84. The summed E-state index contributed by atoms with van der Waals surface area (Å²) in [5.41, 5.74) is 6.24. The molecule has 1 aliphatic rings. The van der Waals surface area contributed by atoms with E-state index in [4.69, 9.17) is 5.73 Å². The van der Waals surface area contributed by atoms with Gasteiger partial charge in [-0.05, 0) is 50.2 Å². The number of primary amides is 1. The van der Waals surface area contributed by atoms with Gasteiger partial charge in [0.05, 0.1) is 18.0 Å². The molecular formula is C17H19BrN6O. The number of hydrogen-bond acceptors (Lipinski definition) is 5. The van der Waals surface area contributed by atoms with E-state index in [2.05, 4.69) is 37.7 Å². The maximum Gasteiger partial charge on any atom is 0.254 e. The van der Waals surface area contributed by atoms with E-state index in [0.717, 1.165) is 36.1 Å². The summed E-state index contributed by atoms with van der Waals surface area (Å²) in [6, 6.07) is 9.81. The summed E-state index contributed by atoms with van der Waals surface area (Å²) in [4.78, 5) is 11.9. The molecule has 0 spiro atoms. The zero-order valence-corrected chi connectivity index (χ0v) is 15.2. The molecular weight excluding hydrogens is 384 g/mol. The standard InChI is InChI=1S/C17H19BrN6O/c18-12-1-3-13(4-2-12)22-16-14(15(20)25)11-24(23-16)17(5-8-19)6-9-21-10-7-17/h1-4,11,21H,5-7,9-10H2,(H2,20,25)(H,22,23). The van der Waals surface area contributed by atoms with E-state index in [9.17, 15) is 10.1 Å². The highest BCUT2D eigenvalue weighted by atomic mass is 79.9. The number of hydrogen-bond donors (Lipinski definition) is 3. The summed E-state index contributed by atoms with van der Waals surface area (Å²) in [6.07, 6.45) is 3.55. The van der Waals surface area contributed by atoms with E-state index in [1.54, 1.807) is 10.9 Å². The highest BCUT2D eigenvalue weighted by Gasteiger charge is 2.36. The summed E-state index contributed by atoms with van der Waals surface area (Å²) in [6.45, 7) is 1.62. The predicted octanol–water partition coefficient (Wildman–Crippen LogP) is 2.48. The lowest BCUT2D eigenvalue weighted by Crippen LogP contribution is -2.44. The molecule has 8 heteroatoms. The fourth-order valence-corrected chi connectivity index (χ4v) is 3.35. The average Bonchev–Trinajstić information content (AvgIpc) is 3.03. The molecule has 25 heavy (non-hydrogen) atoms. The Bertz CT molecular complexity index is 802. The SMILES string of the molecule is N#CCC1(n2cc(C(N)=O)c(Nc3ccc(Br)cc3)n2)CCNCC1. The monoisotopic (exact) mass is 402 g/mol. The number of carbonyl (C=O) groups is 1. The van der Waals surface area contributed by atoms with Crippen LogP contribution in [0.15, 0.2) is 34.9 Å². The number of halogens is 1. The van der Waals surface area contributed by atoms with Gasteiger partial charge in [0.1, 0.15) is 5.56 Å². The van der Waals surface area contributed by atoms with Crippen LogP contribution in [0.5, 0.6) is 0 Å². The van der Waals surface area contributed by atoms with Crippen LogP contribution in [0.2, 0.25) is 0 Å². The Morgan fingerprint density at radius 1 is 1.40 bits per heavy atom. The Hall–Kier alpha value is -2.37. The van der Waals surface area contributed by atoms with Gasteiger partial charge in [0.15, 0.2) is 5.82 Å². The third-order valence-electron chi connectivity index (χ3n) is 4.52. The first kappa shape index (κ1) is 17.5. The van der Waals surface area contributed by atoms with Gasteiger partial charge in [0.2, 0.25) is 0 Å². The van der Waals surface area contributed by atoms with Gasteiger partial charge in [-0.2, -0.15) is 10.4 Å². The van der Waals surface area contributed by atoms with Crippen molar-refractivity contribution in [3.05, 3.63) is 40.5 Å². The molecule has 2 aromatic rings. The van der Waals surface area contributed by atoms with Crippen LogP contribution in [-0.4, -0.2) is 28.8 Å². The number of aromatic nitrogens is 2. The summed E-state index contributed by atoms with van der Waals surface area (Å²) >= 11 is 3.39. The maximum atomic E-state index is 11.9. The summed E-state index contributed by atoms with van der Waals surface area (Å²) < 4.78 is 2.71. The molecule has 1 aliphatic heterocycles. The largest absolute Gasteiger partial charge is 0.365 e. The third-order valence-corrected chi connectivity index (χ3v) is 5.04. The number of piperidine rings is 1. The van der Waals surface area contributed by atoms with Crippen molar-refractivity contribution in [3.63, 3.8) is 0 Å². The highest BCUT2D eigenvalue weighted by Crippen LogP contribution is 2.33. The molecule has 1 aromatic carbocycles. The normalized spacial score (nSPS) is 16.2. The number of nitrogens with two attached hydrogens (primary N) is 1. The molecule has 0 bridgehead atoms. The van der Waals surface area contributed by atoms with Gasteiger partial charge in [0, 0.05) is 16.4 Å². The Morgan fingerprint density at radius 2 is 2.08 bits per heavy atom. The lowest BCUT2D eigenvalue weighted by atomic mass is 9.86. The van der Waals surface area contributed by atoms with Crippen LogP contribution in [0.3, 0.4) is 0 Å². The lowest BCUT2D eigenvalue weighted by Gasteiger charge is -2.36. The number of nitrogens with one attached hydrogen (secondary N) is 2. The molecule has 0 radical (unpaired) electrons. The van der Waals surface area contributed by atoms with Gasteiger partial charge in [-0.3, -0.25) is 9.48 Å². The van der Waals surface area contributed by atoms with E-state index in [-0.39, 0.29) is 0 Å². The van der Waals surface area contributed by atoms with E-state index in [0.29, 0.717) is 17.8 Å². The molecule has 0 atom stereocenters. The molecule has 1 aromatic heterocycles. The molecule has 3 rings (SSSR count). The van der Waals surface area contributed by atoms with Crippen LogP contribution in [0.4, 0.5) is 11.5 Å². The van der Waals surface area contributed by atoms with Crippen LogP contribution >= 0.6 is 15.9 Å². The van der Waals surface area contributed by atoms with Gasteiger partial charge >= 0.3 is 0 Å². The minimum Gasteiger partial charge on any atom is -0.365 e. The van der Waals surface area contributed by atoms with Gasteiger partial charge in [-0.15, -0.1) is 0 Å². The number of nitrogens with zero attached hydrogens (tertiary/aromatic N) is 3. The Labute approximate surface area is 154 Å². The van der Waals surface area contributed by atoms with E-state index < -0.39 is 11.4 Å². The second-order valence-corrected chi connectivity index (χ2v) is 7.06. The minimum atomic E-state index is -0.549. The Kier molecular flexibility index (Phi) is 5.06. The third kappa shape index (κ3) is 3.67. The van der Waals surface area contributed by atoms with E-state index in [1.807, 2.05) is 24.3 Å². The van der Waals surface area contributed by atoms with Crippen LogP contribution < -0.4 is 16.4 Å². The van der Waals surface area contributed by atoms with Crippen LogP contribution in [0.25, 0.3) is 0 Å². The second-order valence-electron chi connectivity index (χ2n) is 6.14. The number of nitriles is 1. The zero-order chi connectivity index (χ0) is 17.9. The van der Waals surface area contributed by atoms with Crippen LogP contribution in [-0.2, 0) is 5.54 Å². The topological polar surface area (TPSA) is 109 Å². The summed E-state index contributed by atoms with van der Waals surface area (Å²) in [5, 5.41) is 20.3. The molecule has 0 aliphatic carbocycles. The molecule has 2 heterocycles. The van der Waals surface area contributed by atoms with Crippen molar-refractivity contribution in [1.29, 1.82) is 5.26 Å². The van der Waals surface area contributed by atoms with Gasteiger partial charge < -0.3 is 16.4 Å². The van der Waals surface area contributed by atoms with Gasteiger partial charge in [-0.1, -0.05) is 15.9 Å². The molecule has 0 unspecified atom stereocenters. The number of carbonyl (C=O) groups excluding carboxylic acids is 1. The summed E-state index contributed by atoms with van der Waals surface area (Å²) in [5.74, 6) is -0.141. The number of benzene rings is 1. The van der Waals surface area contributed by atoms with Crippen molar-refractivity contribution >= 4 is 33.3 Å². The quantitative estimate of drug-likeness (QED) is 0.711. The molecule has 1 fully saturated rings. The second kappa shape index (κ2) is 7.25. The maximum absolute atomic E-state index is 11.9. The molecule has 130 valence electrons. The molecule has 1 amide bonds. The van der Waals surface area contributed by atoms with Crippen LogP contribution in [0.1, 0.15) is 29.6 Å². The Balaban J connectivity index is 1.97. The molecule has 0 saturated carbocycles. The van der Waals surface area contributed by atoms with Gasteiger partial charge in [0.25, 0.3) is 5.91 Å². The van der Waals surface area contributed by atoms with Crippen molar-refractivity contribution in [2.75, 3.05) is 18.4 Å². The first-order chi connectivity index (χ1) is 12.0.